The lowest BCUT2D eigenvalue weighted by atomic mass is 10.2. The van der Waals surface area contributed by atoms with Crippen molar-refractivity contribution in [3.05, 3.63) is 18.0 Å². The Morgan fingerprint density at radius 2 is 2.70 bits per heavy atom. The average Bonchev–Trinajstić information content (AvgIpc) is 2.56. The van der Waals surface area contributed by atoms with Gasteiger partial charge in [-0.2, -0.15) is 5.10 Å². The van der Waals surface area contributed by atoms with E-state index in [2.05, 4.69) is 10.2 Å². The van der Waals surface area contributed by atoms with Crippen molar-refractivity contribution >= 4 is 0 Å². The third-order valence-corrected chi connectivity index (χ3v) is 2.17. The van der Waals surface area contributed by atoms with E-state index in [1.807, 2.05) is 12.4 Å². The lowest BCUT2D eigenvalue weighted by Gasteiger charge is -1.89. The molecule has 10 heavy (non-hydrogen) atoms. The van der Waals surface area contributed by atoms with Crippen molar-refractivity contribution in [2.75, 3.05) is 6.54 Å². The molecule has 1 saturated carbocycles. The first-order chi connectivity index (χ1) is 4.92. The fourth-order valence-corrected chi connectivity index (χ4v) is 1.38. The molecule has 54 valence electrons. The first-order valence-corrected chi connectivity index (χ1v) is 3.60. The van der Waals surface area contributed by atoms with Crippen LogP contribution in [0.25, 0.3) is 0 Å². The summed E-state index contributed by atoms with van der Waals surface area (Å²) < 4.78 is 0. The van der Waals surface area contributed by atoms with Gasteiger partial charge in [0.2, 0.25) is 0 Å². The van der Waals surface area contributed by atoms with E-state index in [1.165, 1.54) is 12.0 Å². The van der Waals surface area contributed by atoms with Gasteiger partial charge in [-0.15, -0.1) is 0 Å². The van der Waals surface area contributed by atoms with Crippen molar-refractivity contribution in [2.45, 2.75) is 12.3 Å². The summed E-state index contributed by atoms with van der Waals surface area (Å²) in [5.74, 6) is 1.42. The highest BCUT2D eigenvalue weighted by molar-refractivity contribution is 5.19. The normalized spacial score (nSPS) is 30.5. The predicted octanol–water partition coefficient (Wildman–Crippen LogP) is 0.472. The zero-order valence-electron chi connectivity index (χ0n) is 5.75. The number of nitrogens with zero attached hydrogens (tertiary/aromatic N) is 1. The number of nitrogens with two attached hydrogens (primary N) is 1. The van der Waals surface area contributed by atoms with Crippen LogP contribution in [0.2, 0.25) is 0 Å². The maximum absolute atomic E-state index is 5.50. The molecule has 2 atom stereocenters. The maximum Gasteiger partial charge on any atom is 0.0522 e. The third kappa shape index (κ3) is 0.827. The summed E-state index contributed by atoms with van der Waals surface area (Å²) >= 11 is 0. The van der Waals surface area contributed by atoms with Crippen LogP contribution in [-0.4, -0.2) is 16.7 Å². The molecule has 0 aromatic carbocycles. The van der Waals surface area contributed by atoms with E-state index in [-0.39, 0.29) is 0 Å². The van der Waals surface area contributed by atoms with Gasteiger partial charge in [-0.1, -0.05) is 0 Å². The topological polar surface area (TPSA) is 54.7 Å². The van der Waals surface area contributed by atoms with Crippen LogP contribution < -0.4 is 5.73 Å². The van der Waals surface area contributed by atoms with Gasteiger partial charge in [0.05, 0.1) is 6.20 Å². The molecule has 1 fully saturated rings. The Morgan fingerprint density at radius 3 is 3.20 bits per heavy atom. The molecule has 0 unspecified atom stereocenters. The van der Waals surface area contributed by atoms with Crippen molar-refractivity contribution < 1.29 is 0 Å². The molecule has 1 aromatic rings. The SMILES string of the molecule is NC[C@@H]1C[C@H]1c1cn[nH]c1. The van der Waals surface area contributed by atoms with Gasteiger partial charge in [0, 0.05) is 6.20 Å². The van der Waals surface area contributed by atoms with Crippen LogP contribution in [0.1, 0.15) is 17.9 Å². The summed E-state index contributed by atoms with van der Waals surface area (Å²) in [5.41, 5.74) is 6.81. The second kappa shape index (κ2) is 2.09. The van der Waals surface area contributed by atoms with Crippen LogP contribution in [0.3, 0.4) is 0 Å². The molecule has 0 aliphatic heterocycles. The van der Waals surface area contributed by atoms with Gasteiger partial charge in [0.25, 0.3) is 0 Å². The number of aromatic amines is 1. The van der Waals surface area contributed by atoms with Crippen molar-refractivity contribution in [1.82, 2.24) is 10.2 Å². The fourth-order valence-electron chi connectivity index (χ4n) is 1.38. The summed E-state index contributed by atoms with van der Waals surface area (Å²) in [6, 6.07) is 0. The van der Waals surface area contributed by atoms with Gasteiger partial charge in [-0.05, 0) is 30.4 Å². The standard InChI is InChI=1S/C7H11N3/c8-2-5-1-7(5)6-3-9-10-4-6/h3-5,7H,1-2,8H2,(H,9,10)/t5-,7+/m0/s1. The Hall–Kier alpha value is -0.830. The largest absolute Gasteiger partial charge is 0.330 e. The van der Waals surface area contributed by atoms with Crippen LogP contribution in [0, 0.1) is 5.92 Å². The highest BCUT2D eigenvalue weighted by atomic mass is 15.1. The molecule has 0 saturated heterocycles. The van der Waals surface area contributed by atoms with Crippen LogP contribution >= 0.6 is 0 Å². The first-order valence-electron chi connectivity index (χ1n) is 3.60. The van der Waals surface area contributed by atoms with E-state index in [0.29, 0.717) is 5.92 Å². The Kier molecular flexibility index (Phi) is 1.24. The number of rotatable bonds is 2. The van der Waals surface area contributed by atoms with E-state index in [4.69, 9.17) is 5.73 Å². The monoisotopic (exact) mass is 137 g/mol. The Morgan fingerprint density at radius 1 is 1.80 bits per heavy atom. The van der Waals surface area contributed by atoms with Crippen LogP contribution in [-0.2, 0) is 0 Å². The molecule has 0 radical (unpaired) electrons. The lowest BCUT2D eigenvalue weighted by molar-refractivity contribution is 0.810. The smallest absolute Gasteiger partial charge is 0.0522 e. The quantitative estimate of drug-likeness (QED) is 0.622. The fraction of sp³-hybridized carbons (Fsp3) is 0.571. The number of H-pyrrole nitrogens is 1. The molecule has 3 nitrogen and oxygen atoms in total. The molecular formula is C7H11N3. The molecular weight excluding hydrogens is 126 g/mol. The minimum absolute atomic E-state index is 0.698. The molecule has 1 aromatic heterocycles. The molecule has 1 aliphatic rings. The molecule has 0 bridgehead atoms. The van der Waals surface area contributed by atoms with Crippen molar-refractivity contribution in [3.8, 4) is 0 Å². The van der Waals surface area contributed by atoms with Gasteiger partial charge in [-0.3, -0.25) is 5.10 Å². The van der Waals surface area contributed by atoms with Gasteiger partial charge in [0.15, 0.2) is 0 Å². The maximum atomic E-state index is 5.50. The Bertz CT molecular complexity index is 205. The molecule has 1 heterocycles. The Balaban J connectivity index is 2.05. The average molecular weight is 137 g/mol. The summed E-state index contributed by atoms with van der Waals surface area (Å²) in [5, 5.41) is 6.69. The molecule has 3 heteroatoms. The minimum Gasteiger partial charge on any atom is -0.330 e. The zero-order valence-corrected chi connectivity index (χ0v) is 5.75. The summed E-state index contributed by atoms with van der Waals surface area (Å²) in [4.78, 5) is 0. The zero-order chi connectivity index (χ0) is 6.97. The predicted molar refractivity (Wildman–Crippen MR) is 38.5 cm³/mol. The van der Waals surface area contributed by atoms with Crippen LogP contribution in [0.15, 0.2) is 12.4 Å². The number of hydrogen-bond donors (Lipinski definition) is 2. The molecule has 0 spiro atoms. The number of hydrogen-bond acceptors (Lipinski definition) is 2. The van der Waals surface area contributed by atoms with E-state index in [1.54, 1.807) is 0 Å². The van der Waals surface area contributed by atoms with E-state index >= 15 is 0 Å². The molecule has 1 aliphatic carbocycles. The second-order valence-electron chi connectivity index (χ2n) is 2.87. The highest BCUT2D eigenvalue weighted by Gasteiger charge is 2.37. The van der Waals surface area contributed by atoms with E-state index in [0.717, 1.165) is 12.5 Å². The lowest BCUT2D eigenvalue weighted by Crippen LogP contribution is -2.01. The van der Waals surface area contributed by atoms with E-state index in [9.17, 15) is 0 Å². The van der Waals surface area contributed by atoms with Gasteiger partial charge < -0.3 is 5.73 Å². The van der Waals surface area contributed by atoms with Gasteiger partial charge in [-0.25, -0.2) is 0 Å². The van der Waals surface area contributed by atoms with Crippen molar-refractivity contribution in [2.24, 2.45) is 11.7 Å². The van der Waals surface area contributed by atoms with Gasteiger partial charge in [0.1, 0.15) is 0 Å². The van der Waals surface area contributed by atoms with E-state index < -0.39 is 0 Å². The van der Waals surface area contributed by atoms with Crippen LogP contribution in [0.5, 0.6) is 0 Å². The molecule has 0 amide bonds. The summed E-state index contributed by atoms with van der Waals surface area (Å²) in [6.07, 6.45) is 5.09. The van der Waals surface area contributed by atoms with Crippen LogP contribution in [0.4, 0.5) is 0 Å². The molecule has 2 rings (SSSR count). The second-order valence-corrected chi connectivity index (χ2v) is 2.87. The van der Waals surface area contributed by atoms with Crippen molar-refractivity contribution in [3.63, 3.8) is 0 Å². The number of nitrogens with one attached hydrogen (secondary N) is 1. The Labute approximate surface area is 59.6 Å². The first kappa shape index (κ1) is 5.92. The number of aromatic nitrogens is 2. The summed E-state index contributed by atoms with van der Waals surface area (Å²) in [7, 11) is 0. The molecule has 3 N–H and O–H groups in total. The van der Waals surface area contributed by atoms with Crippen molar-refractivity contribution in [1.29, 1.82) is 0 Å². The third-order valence-electron chi connectivity index (χ3n) is 2.17. The minimum atomic E-state index is 0.698. The highest BCUT2D eigenvalue weighted by Crippen LogP contribution is 2.46. The van der Waals surface area contributed by atoms with Gasteiger partial charge >= 0.3 is 0 Å². The summed E-state index contributed by atoms with van der Waals surface area (Å²) in [6.45, 7) is 0.815.